The highest BCUT2D eigenvalue weighted by atomic mass is 32.2. The Kier molecular flexibility index (Phi) is 3.15. The molecular weight excluding hydrogens is 256 g/mol. The van der Waals surface area contributed by atoms with Gasteiger partial charge in [0.15, 0.2) is 9.84 Å². The average molecular weight is 272 g/mol. The van der Waals surface area contributed by atoms with Crippen LogP contribution in [-0.2, 0) is 9.84 Å². The van der Waals surface area contributed by atoms with E-state index in [-0.39, 0.29) is 11.7 Å². The summed E-state index contributed by atoms with van der Waals surface area (Å²) in [6, 6.07) is 19.5. The lowest BCUT2D eigenvalue weighted by Crippen LogP contribution is -2.12. The van der Waals surface area contributed by atoms with Crippen LogP contribution in [0.3, 0.4) is 0 Å². The summed E-state index contributed by atoms with van der Waals surface area (Å²) in [4.78, 5) is 0. The average Bonchev–Trinajstić information content (AvgIpc) is 2.76. The standard InChI is InChI=1S/C16H16O2S/c17-19(18)12-11-15(13-7-3-1-4-8-13)16(19)14-9-5-2-6-10-14/h1-10,15-16H,11-12H2. The van der Waals surface area contributed by atoms with Gasteiger partial charge in [-0.25, -0.2) is 8.42 Å². The van der Waals surface area contributed by atoms with Gasteiger partial charge in [-0.1, -0.05) is 60.7 Å². The highest BCUT2D eigenvalue weighted by Crippen LogP contribution is 2.45. The first-order chi connectivity index (χ1) is 9.18. The summed E-state index contributed by atoms with van der Waals surface area (Å²) in [6.45, 7) is 0. The Morgan fingerprint density at radius 2 is 1.32 bits per heavy atom. The van der Waals surface area contributed by atoms with Crippen molar-refractivity contribution >= 4 is 9.84 Å². The third-order valence-electron chi connectivity index (χ3n) is 3.82. The van der Waals surface area contributed by atoms with Gasteiger partial charge in [0.1, 0.15) is 0 Å². The Morgan fingerprint density at radius 1 is 0.789 bits per heavy atom. The zero-order valence-corrected chi connectivity index (χ0v) is 11.4. The van der Waals surface area contributed by atoms with E-state index in [9.17, 15) is 8.42 Å². The Labute approximate surface area is 114 Å². The van der Waals surface area contributed by atoms with E-state index in [0.29, 0.717) is 6.42 Å². The molecule has 98 valence electrons. The fraction of sp³-hybridized carbons (Fsp3) is 0.250. The van der Waals surface area contributed by atoms with E-state index in [2.05, 4.69) is 0 Å². The van der Waals surface area contributed by atoms with Crippen LogP contribution in [-0.4, -0.2) is 14.2 Å². The van der Waals surface area contributed by atoms with Crippen LogP contribution in [0.25, 0.3) is 0 Å². The van der Waals surface area contributed by atoms with Gasteiger partial charge in [-0.05, 0) is 17.5 Å². The smallest absolute Gasteiger partial charge is 0.157 e. The summed E-state index contributed by atoms with van der Waals surface area (Å²) < 4.78 is 24.7. The van der Waals surface area contributed by atoms with Crippen LogP contribution in [0.1, 0.15) is 28.7 Å². The van der Waals surface area contributed by atoms with Gasteiger partial charge < -0.3 is 0 Å². The quantitative estimate of drug-likeness (QED) is 0.840. The van der Waals surface area contributed by atoms with Crippen molar-refractivity contribution in [3.8, 4) is 0 Å². The first-order valence-electron chi connectivity index (χ1n) is 6.50. The van der Waals surface area contributed by atoms with E-state index >= 15 is 0 Å². The summed E-state index contributed by atoms with van der Waals surface area (Å²) in [7, 11) is -3.04. The third-order valence-corrected chi connectivity index (χ3v) is 6.00. The molecule has 0 spiro atoms. The molecule has 2 aromatic rings. The number of sulfone groups is 1. The second-order valence-corrected chi connectivity index (χ2v) is 7.25. The molecule has 2 aromatic carbocycles. The minimum atomic E-state index is -3.04. The Hall–Kier alpha value is -1.61. The Balaban J connectivity index is 2.07. The first kappa shape index (κ1) is 12.4. The lowest BCUT2D eigenvalue weighted by molar-refractivity contribution is 0.585. The Bertz CT molecular complexity index is 648. The highest BCUT2D eigenvalue weighted by molar-refractivity contribution is 7.91. The zero-order valence-electron chi connectivity index (χ0n) is 10.6. The van der Waals surface area contributed by atoms with Crippen molar-refractivity contribution in [2.24, 2.45) is 0 Å². The SMILES string of the molecule is O=S1(=O)CCC(c2ccccc2)C1c1ccccc1. The molecule has 3 rings (SSSR count). The molecule has 0 aromatic heterocycles. The third kappa shape index (κ3) is 2.30. The fourth-order valence-electron chi connectivity index (χ4n) is 2.94. The second-order valence-electron chi connectivity index (χ2n) is 5.00. The van der Waals surface area contributed by atoms with Crippen molar-refractivity contribution in [1.29, 1.82) is 0 Å². The second kappa shape index (κ2) is 4.82. The van der Waals surface area contributed by atoms with E-state index in [4.69, 9.17) is 0 Å². The molecule has 0 radical (unpaired) electrons. The molecule has 2 unspecified atom stereocenters. The molecule has 0 aliphatic carbocycles. The van der Waals surface area contributed by atoms with E-state index < -0.39 is 15.1 Å². The lowest BCUT2D eigenvalue weighted by atomic mass is 9.90. The van der Waals surface area contributed by atoms with Gasteiger partial charge in [0.05, 0.1) is 11.0 Å². The van der Waals surface area contributed by atoms with Gasteiger partial charge in [-0.2, -0.15) is 0 Å². The molecule has 0 amide bonds. The van der Waals surface area contributed by atoms with Crippen LogP contribution in [0.5, 0.6) is 0 Å². The number of rotatable bonds is 2. The summed E-state index contributed by atoms with van der Waals surface area (Å²) in [5.41, 5.74) is 2.03. The van der Waals surface area contributed by atoms with Crippen molar-refractivity contribution in [3.63, 3.8) is 0 Å². The molecule has 0 saturated carbocycles. The largest absolute Gasteiger partial charge is 0.228 e. The molecule has 1 aliphatic heterocycles. The van der Waals surface area contributed by atoms with Crippen LogP contribution in [0.2, 0.25) is 0 Å². The van der Waals surface area contributed by atoms with E-state index in [1.807, 2.05) is 60.7 Å². The van der Waals surface area contributed by atoms with Crippen molar-refractivity contribution in [3.05, 3.63) is 71.8 Å². The molecule has 1 aliphatic rings. The molecule has 0 N–H and O–H groups in total. The molecule has 3 heteroatoms. The van der Waals surface area contributed by atoms with Crippen LogP contribution >= 0.6 is 0 Å². The Morgan fingerprint density at radius 3 is 1.89 bits per heavy atom. The van der Waals surface area contributed by atoms with Gasteiger partial charge in [0, 0.05) is 5.92 Å². The lowest BCUT2D eigenvalue weighted by Gasteiger charge is -2.19. The molecule has 1 fully saturated rings. The van der Waals surface area contributed by atoms with Gasteiger partial charge in [-0.3, -0.25) is 0 Å². The van der Waals surface area contributed by atoms with Crippen molar-refractivity contribution in [2.45, 2.75) is 17.6 Å². The van der Waals surface area contributed by atoms with Crippen LogP contribution in [0.15, 0.2) is 60.7 Å². The molecule has 0 bridgehead atoms. The minimum absolute atomic E-state index is 0.0774. The normalized spacial score (nSPS) is 25.3. The fourth-order valence-corrected chi connectivity index (χ4v) is 5.15. The van der Waals surface area contributed by atoms with Crippen molar-refractivity contribution in [1.82, 2.24) is 0 Å². The summed E-state index contributed by atoms with van der Waals surface area (Å²) in [5, 5.41) is -0.393. The maximum Gasteiger partial charge on any atom is 0.157 e. The number of benzene rings is 2. The minimum Gasteiger partial charge on any atom is -0.228 e. The van der Waals surface area contributed by atoms with E-state index in [1.54, 1.807) is 0 Å². The number of hydrogen-bond acceptors (Lipinski definition) is 2. The van der Waals surface area contributed by atoms with Gasteiger partial charge >= 0.3 is 0 Å². The molecule has 2 atom stereocenters. The van der Waals surface area contributed by atoms with Gasteiger partial charge in [0.25, 0.3) is 0 Å². The predicted octanol–water partition coefficient (Wildman–Crippen LogP) is 3.33. The molecule has 1 saturated heterocycles. The van der Waals surface area contributed by atoms with Crippen molar-refractivity contribution < 1.29 is 8.42 Å². The van der Waals surface area contributed by atoms with Gasteiger partial charge in [0.2, 0.25) is 0 Å². The van der Waals surface area contributed by atoms with E-state index in [0.717, 1.165) is 11.1 Å². The molecule has 19 heavy (non-hydrogen) atoms. The monoisotopic (exact) mass is 272 g/mol. The van der Waals surface area contributed by atoms with Crippen LogP contribution in [0.4, 0.5) is 0 Å². The van der Waals surface area contributed by atoms with Gasteiger partial charge in [-0.15, -0.1) is 0 Å². The summed E-state index contributed by atoms with van der Waals surface area (Å²) >= 11 is 0. The summed E-state index contributed by atoms with van der Waals surface area (Å²) in [5.74, 6) is 0.361. The van der Waals surface area contributed by atoms with Crippen LogP contribution < -0.4 is 0 Å². The first-order valence-corrected chi connectivity index (χ1v) is 8.21. The van der Waals surface area contributed by atoms with Crippen molar-refractivity contribution in [2.75, 3.05) is 5.75 Å². The number of hydrogen-bond donors (Lipinski definition) is 0. The molecular formula is C16H16O2S. The maximum atomic E-state index is 12.3. The topological polar surface area (TPSA) is 34.1 Å². The highest BCUT2D eigenvalue weighted by Gasteiger charge is 2.41. The zero-order chi connectivity index (χ0) is 13.3. The predicted molar refractivity (Wildman–Crippen MR) is 76.8 cm³/mol. The summed E-state index contributed by atoms with van der Waals surface area (Å²) in [6.07, 6.45) is 0.714. The molecule has 1 heterocycles. The maximum absolute atomic E-state index is 12.3. The molecule has 2 nitrogen and oxygen atoms in total. The van der Waals surface area contributed by atoms with Crippen LogP contribution in [0, 0.1) is 0 Å². The van der Waals surface area contributed by atoms with E-state index in [1.165, 1.54) is 0 Å².